The molecule has 47 heavy (non-hydrogen) atoms. The zero-order valence-electron chi connectivity index (χ0n) is 27.2. The van der Waals surface area contributed by atoms with Gasteiger partial charge in [-0.25, -0.2) is 0 Å². The second-order valence-electron chi connectivity index (χ2n) is 10.6. The molecule has 0 spiro atoms. The summed E-state index contributed by atoms with van der Waals surface area (Å²) in [6.07, 6.45) is -3.03. The molecule has 1 amide bonds. The van der Waals surface area contributed by atoms with Crippen LogP contribution in [-0.2, 0) is 60.6 Å². The number of hydrogen-bond donors (Lipinski definition) is 2. The smallest absolute Gasteiger partial charge is 0.217 e. The monoisotopic (exact) mass is 727 g/mol. The third-order valence-electron chi connectivity index (χ3n) is 6.99. The maximum atomic E-state index is 12.3. The number of aliphatic hydroxyl groups is 1. The lowest BCUT2D eigenvalue weighted by atomic mass is 9.96. The number of halogens is 1. The Labute approximate surface area is 286 Å². The molecule has 0 aliphatic carbocycles. The molecule has 5 atom stereocenters. The Hall–Kier alpha value is -2.01. The molecule has 0 radical (unpaired) electrons. The van der Waals surface area contributed by atoms with Crippen LogP contribution in [0.3, 0.4) is 0 Å². The van der Waals surface area contributed by atoms with Crippen molar-refractivity contribution in [2.24, 2.45) is 0 Å². The minimum atomic E-state index is -0.906. The van der Waals surface area contributed by atoms with Gasteiger partial charge in [-0.3, -0.25) is 4.79 Å². The zero-order valence-corrected chi connectivity index (χ0v) is 28.8. The van der Waals surface area contributed by atoms with Gasteiger partial charge < -0.3 is 53.1 Å². The second kappa shape index (κ2) is 25.0. The maximum absolute atomic E-state index is 12.3. The SMILES string of the molecule is CC(=O)N[C@H]1[C@H](OCCOCCOCCOCCOCCOCCBr)O[C@H](CO)[C@@H](OCc2ccccc2)[C@@H]1OCc1ccccc1. The van der Waals surface area contributed by atoms with Crippen molar-refractivity contribution in [3.05, 3.63) is 71.8 Å². The first-order chi connectivity index (χ1) is 23.1. The lowest BCUT2D eigenvalue weighted by Gasteiger charge is -2.45. The van der Waals surface area contributed by atoms with Crippen LogP contribution in [0.2, 0.25) is 0 Å². The molecule has 0 bridgehead atoms. The average molecular weight is 729 g/mol. The van der Waals surface area contributed by atoms with Crippen LogP contribution in [0, 0.1) is 0 Å². The van der Waals surface area contributed by atoms with E-state index in [0.717, 1.165) is 16.5 Å². The Morgan fingerprint density at radius 3 is 1.57 bits per heavy atom. The number of carbonyl (C=O) groups is 1. The van der Waals surface area contributed by atoms with E-state index in [1.807, 2.05) is 60.7 Å². The van der Waals surface area contributed by atoms with Crippen molar-refractivity contribution in [3.8, 4) is 0 Å². The van der Waals surface area contributed by atoms with E-state index in [1.165, 1.54) is 6.92 Å². The van der Waals surface area contributed by atoms with Gasteiger partial charge in [0.1, 0.15) is 24.4 Å². The van der Waals surface area contributed by atoms with Crippen molar-refractivity contribution >= 4 is 21.8 Å². The predicted octanol–water partition coefficient (Wildman–Crippen LogP) is 2.87. The summed E-state index contributed by atoms with van der Waals surface area (Å²) < 4.78 is 52.3. The molecule has 2 N–H and O–H groups in total. The Morgan fingerprint density at radius 1 is 0.681 bits per heavy atom. The molecule has 1 saturated heterocycles. The number of rotatable bonds is 26. The first kappa shape index (κ1) is 39.4. The molecule has 1 aliphatic rings. The summed E-state index contributed by atoms with van der Waals surface area (Å²) in [5, 5.41) is 14.1. The lowest BCUT2D eigenvalue weighted by molar-refractivity contribution is -0.289. The van der Waals surface area contributed by atoms with Gasteiger partial charge in [0, 0.05) is 12.3 Å². The van der Waals surface area contributed by atoms with Crippen LogP contribution in [-0.4, -0.2) is 126 Å². The summed E-state index contributed by atoms with van der Waals surface area (Å²) in [4.78, 5) is 12.3. The van der Waals surface area contributed by atoms with E-state index in [4.69, 9.17) is 42.6 Å². The highest BCUT2D eigenvalue weighted by atomic mass is 79.9. The van der Waals surface area contributed by atoms with Gasteiger partial charge in [-0.15, -0.1) is 0 Å². The average Bonchev–Trinajstić information content (AvgIpc) is 3.09. The van der Waals surface area contributed by atoms with Gasteiger partial charge in [0.05, 0.1) is 92.5 Å². The topological polar surface area (TPSA) is 132 Å². The number of alkyl halides is 1. The number of hydrogen-bond acceptors (Lipinski definition) is 11. The maximum Gasteiger partial charge on any atom is 0.217 e. The minimum absolute atomic E-state index is 0.185. The van der Waals surface area contributed by atoms with Crippen LogP contribution < -0.4 is 5.32 Å². The summed E-state index contributed by atoms with van der Waals surface area (Å²) in [5.74, 6) is -0.273. The lowest BCUT2D eigenvalue weighted by Crippen LogP contribution is -2.66. The van der Waals surface area contributed by atoms with E-state index in [1.54, 1.807) is 0 Å². The highest BCUT2D eigenvalue weighted by Crippen LogP contribution is 2.28. The molecule has 0 saturated carbocycles. The number of carbonyl (C=O) groups excluding carboxylic acids is 1. The van der Waals surface area contributed by atoms with E-state index >= 15 is 0 Å². The predicted molar refractivity (Wildman–Crippen MR) is 177 cm³/mol. The Morgan fingerprint density at radius 2 is 1.13 bits per heavy atom. The van der Waals surface area contributed by atoms with Crippen LogP contribution in [0.15, 0.2) is 60.7 Å². The molecular weight excluding hydrogens is 678 g/mol. The molecule has 12 nitrogen and oxygen atoms in total. The fourth-order valence-electron chi connectivity index (χ4n) is 4.77. The van der Waals surface area contributed by atoms with Gasteiger partial charge in [-0.2, -0.15) is 0 Å². The molecule has 3 rings (SSSR count). The number of amides is 1. The summed E-state index contributed by atoms with van der Waals surface area (Å²) in [6, 6.07) is 18.7. The van der Waals surface area contributed by atoms with Crippen molar-refractivity contribution in [1.82, 2.24) is 5.32 Å². The van der Waals surface area contributed by atoms with Crippen molar-refractivity contribution < 1.29 is 52.5 Å². The van der Waals surface area contributed by atoms with Crippen molar-refractivity contribution in [2.75, 3.05) is 84.6 Å². The summed E-state index contributed by atoms with van der Waals surface area (Å²) in [6.45, 7) is 6.59. The van der Waals surface area contributed by atoms with Crippen LogP contribution >= 0.6 is 15.9 Å². The highest BCUT2D eigenvalue weighted by Gasteiger charge is 2.48. The van der Waals surface area contributed by atoms with Crippen LogP contribution in [0.25, 0.3) is 0 Å². The number of benzene rings is 2. The van der Waals surface area contributed by atoms with Gasteiger partial charge in [-0.1, -0.05) is 76.6 Å². The van der Waals surface area contributed by atoms with E-state index < -0.39 is 30.6 Å². The molecule has 0 aromatic heterocycles. The Balaban J connectivity index is 1.43. The molecule has 13 heteroatoms. The number of ether oxygens (including phenoxy) is 9. The number of nitrogens with one attached hydrogen (secondary N) is 1. The molecule has 1 heterocycles. The third kappa shape index (κ3) is 16.3. The highest BCUT2D eigenvalue weighted by molar-refractivity contribution is 9.09. The Kier molecular flexibility index (Phi) is 21.0. The van der Waals surface area contributed by atoms with Gasteiger partial charge in [0.25, 0.3) is 0 Å². The molecule has 2 aromatic carbocycles. The second-order valence-corrected chi connectivity index (χ2v) is 11.4. The van der Waals surface area contributed by atoms with Crippen molar-refractivity contribution in [1.29, 1.82) is 0 Å². The van der Waals surface area contributed by atoms with Gasteiger partial charge >= 0.3 is 0 Å². The van der Waals surface area contributed by atoms with E-state index in [-0.39, 0.29) is 38.9 Å². The summed E-state index contributed by atoms with van der Waals surface area (Å²) in [5.41, 5.74) is 1.92. The first-order valence-electron chi connectivity index (χ1n) is 16.0. The summed E-state index contributed by atoms with van der Waals surface area (Å²) in [7, 11) is 0. The van der Waals surface area contributed by atoms with E-state index in [9.17, 15) is 9.90 Å². The van der Waals surface area contributed by atoms with Gasteiger partial charge in [0.2, 0.25) is 5.91 Å². The minimum Gasteiger partial charge on any atom is -0.394 e. The Bertz CT molecular complexity index is 1050. The zero-order chi connectivity index (χ0) is 33.4. The fourth-order valence-corrected chi connectivity index (χ4v) is 5.00. The van der Waals surface area contributed by atoms with Crippen LogP contribution in [0.1, 0.15) is 18.1 Å². The van der Waals surface area contributed by atoms with Gasteiger partial charge in [0.15, 0.2) is 6.29 Å². The van der Waals surface area contributed by atoms with E-state index in [2.05, 4.69) is 21.2 Å². The molecular formula is C34H50BrNO11. The van der Waals surface area contributed by atoms with Crippen LogP contribution in [0.5, 0.6) is 0 Å². The molecule has 2 aromatic rings. The van der Waals surface area contributed by atoms with Crippen molar-refractivity contribution in [3.63, 3.8) is 0 Å². The van der Waals surface area contributed by atoms with E-state index in [0.29, 0.717) is 59.5 Å². The fraction of sp³-hybridized carbons (Fsp3) is 0.618. The van der Waals surface area contributed by atoms with Gasteiger partial charge in [-0.05, 0) is 11.1 Å². The quantitative estimate of drug-likeness (QED) is 0.110. The number of aliphatic hydroxyl groups excluding tert-OH is 1. The van der Waals surface area contributed by atoms with Crippen LogP contribution in [0.4, 0.5) is 0 Å². The molecule has 1 aliphatic heterocycles. The normalized spacial score (nSPS) is 21.1. The molecule has 0 unspecified atom stereocenters. The third-order valence-corrected chi connectivity index (χ3v) is 7.31. The largest absolute Gasteiger partial charge is 0.394 e. The van der Waals surface area contributed by atoms with Crippen molar-refractivity contribution in [2.45, 2.75) is 50.8 Å². The first-order valence-corrected chi connectivity index (χ1v) is 17.1. The molecule has 1 fully saturated rings. The standard InChI is InChI=1S/C34H50BrNO11/c1-27(38)36-31-33(46-26-29-10-6-3-7-11-29)32(45-25-28-8-4-2-5-9-28)30(24-37)47-34(31)44-23-22-43-21-20-42-19-18-41-17-16-40-15-14-39-13-12-35/h2-11,30-34,37H,12-26H2,1H3,(H,36,38)/t30-,31-,32-,33-,34-/m1/s1. The molecule has 264 valence electrons. The summed E-state index contributed by atoms with van der Waals surface area (Å²) >= 11 is 3.30.